The highest BCUT2D eigenvalue weighted by atomic mass is 16.7. The van der Waals surface area contributed by atoms with Gasteiger partial charge in [-0.2, -0.15) is 0 Å². The maximum Gasteiger partial charge on any atom is 0.306 e. The van der Waals surface area contributed by atoms with Crippen LogP contribution in [0.1, 0.15) is 206 Å². The molecule has 0 saturated carbocycles. The number of unbranched alkanes of at least 4 members (excludes halogenated alkanes) is 21. The van der Waals surface area contributed by atoms with E-state index >= 15 is 0 Å². The summed E-state index contributed by atoms with van der Waals surface area (Å²) in [6.45, 7) is 4.67. The Balaban J connectivity index is 4.39. The van der Waals surface area contributed by atoms with E-state index in [9.17, 15) is 19.5 Å². The molecule has 0 spiro atoms. The molecule has 0 aromatic rings. The molecule has 0 heterocycles. The number of carboxylic acids is 1. The zero-order valence-corrected chi connectivity index (χ0v) is 41.2. The van der Waals surface area contributed by atoms with Crippen molar-refractivity contribution in [2.24, 2.45) is 0 Å². The van der Waals surface area contributed by atoms with Gasteiger partial charge in [0.1, 0.15) is 13.2 Å². The minimum atomic E-state index is -1.63. The SMILES string of the molecule is CCCCC/C=C\C/C=C\C/C=C\CCCCCCCCC(=O)OC(COC(=O)CCCCCCCCCCC/C=C\C/C=C\CCCCC)COC(OCC[N+](C)(C)C)C(=O)[O-]. The number of allylic oxidation sites excluding steroid dienone is 10. The lowest BCUT2D eigenvalue weighted by Crippen LogP contribution is -2.44. The number of carboxylic acid groups (broad SMARTS) is 1. The summed E-state index contributed by atoms with van der Waals surface area (Å²) < 4.78 is 22.6. The van der Waals surface area contributed by atoms with Crippen LogP contribution in [0.2, 0.25) is 0 Å². The fourth-order valence-corrected chi connectivity index (χ4v) is 6.75. The van der Waals surface area contributed by atoms with Crippen LogP contribution in [0.5, 0.6) is 0 Å². The summed E-state index contributed by atoms with van der Waals surface area (Å²) >= 11 is 0. The van der Waals surface area contributed by atoms with Crippen molar-refractivity contribution in [2.75, 3.05) is 47.5 Å². The number of rotatable bonds is 46. The second kappa shape index (κ2) is 45.6. The van der Waals surface area contributed by atoms with Gasteiger partial charge in [0, 0.05) is 12.8 Å². The molecule has 0 radical (unpaired) electrons. The molecule has 0 aliphatic carbocycles. The van der Waals surface area contributed by atoms with E-state index in [4.69, 9.17) is 18.9 Å². The van der Waals surface area contributed by atoms with Gasteiger partial charge in [0.2, 0.25) is 0 Å². The predicted octanol–water partition coefficient (Wildman–Crippen LogP) is 12.8. The molecule has 2 atom stereocenters. The van der Waals surface area contributed by atoms with Crippen LogP contribution in [0.15, 0.2) is 60.8 Å². The third kappa shape index (κ3) is 46.8. The molecule has 0 rings (SSSR count). The monoisotopic (exact) mass is 886 g/mol. The van der Waals surface area contributed by atoms with Crippen molar-refractivity contribution in [3.05, 3.63) is 60.8 Å². The molecule has 0 aromatic heterocycles. The fourth-order valence-electron chi connectivity index (χ4n) is 6.75. The van der Waals surface area contributed by atoms with Crippen molar-refractivity contribution in [1.82, 2.24) is 0 Å². The topological polar surface area (TPSA) is 111 Å². The Bertz CT molecular complexity index is 1220. The van der Waals surface area contributed by atoms with E-state index in [1.807, 2.05) is 21.1 Å². The Hall–Kier alpha value is -3.01. The maximum absolute atomic E-state index is 12.8. The lowest BCUT2D eigenvalue weighted by molar-refractivity contribution is -0.870. The number of carbonyl (C=O) groups excluding carboxylic acids is 3. The highest BCUT2D eigenvalue weighted by Crippen LogP contribution is 2.14. The first-order valence-electron chi connectivity index (χ1n) is 25.4. The summed E-state index contributed by atoms with van der Waals surface area (Å²) in [6, 6.07) is 0. The van der Waals surface area contributed by atoms with Crippen molar-refractivity contribution in [3.8, 4) is 0 Å². The van der Waals surface area contributed by atoms with E-state index in [-0.39, 0.29) is 38.6 Å². The molecule has 0 amide bonds. The van der Waals surface area contributed by atoms with Gasteiger partial charge in [0.15, 0.2) is 12.4 Å². The van der Waals surface area contributed by atoms with Crippen LogP contribution in [0.25, 0.3) is 0 Å². The van der Waals surface area contributed by atoms with Gasteiger partial charge >= 0.3 is 11.9 Å². The first-order valence-corrected chi connectivity index (χ1v) is 25.4. The molecule has 0 bridgehead atoms. The Morgan fingerprint density at radius 1 is 0.476 bits per heavy atom. The van der Waals surface area contributed by atoms with Crippen LogP contribution in [0, 0.1) is 0 Å². The van der Waals surface area contributed by atoms with Gasteiger partial charge < -0.3 is 33.3 Å². The Morgan fingerprint density at radius 2 is 0.857 bits per heavy atom. The second-order valence-corrected chi connectivity index (χ2v) is 18.1. The summed E-state index contributed by atoms with van der Waals surface area (Å²) in [5.41, 5.74) is 0. The molecular formula is C54H95NO8. The zero-order valence-electron chi connectivity index (χ0n) is 41.2. The Labute approximate surface area is 386 Å². The summed E-state index contributed by atoms with van der Waals surface area (Å²) in [7, 11) is 5.90. The first kappa shape index (κ1) is 60.0. The molecule has 0 saturated heterocycles. The summed E-state index contributed by atoms with van der Waals surface area (Å²) in [5, 5.41) is 11.7. The van der Waals surface area contributed by atoms with Crippen LogP contribution in [-0.4, -0.2) is 82.3 Å². The van der Waals surface area contributed by atoms with Crippen LogP contribution >= 0.6 is 0 Å². The third-order valence-corrected chi connectivity index (χ3v) is 10.7. The average molecular weight is 886 g/mol. The van der Waals surface area contributed by atoms with Gasteiger partial charge in [0.05, 0.1) is 40.3 Å². The normalized spacial score (nSPS) is 13.3. The maximum atomic E-state index is 12.8. The van der Waals surface area contributed by atoms with Crippen LogP contribution in [0.3, 0.4) is 0 Å². The second-order valence-electron chi connectivity index (χ2n) is 18.1. The third-order valence-electron chi connectivity index (χ3n) is 10.7. The number of ether oxygens (including phenoxy) is 4. The highest BCUT2D eigenvalue weighted by Gasteiger charge is 2.21. The van der Waals surface area contributed by atoms with Crippen molar-refractivity contribution < 1.29 is 42.9 Å². The predicted molar refractivity (Wildman–Crippen MR) is 260 cm³/mol. The molecular weight excluding hydrogens is 791 g/mol. The molecule has 0 aliphatic heterocycles. The fraction of sp³-hybridized carbons (Fsp3) is 0.759. The zero-order chi connectivity index (χ0) is 46.3. The number of aliphatic carboxylic acids is 1. The number of likely N-dealkylation sites (N-methyl/N-ethyl adjacent to an activating group) is 1. The van der Waals surface area contributed by atoms with Crippen molar-refractivity contribution in [2.45, 2.75) is 219 Å². The molecule has 0 aliphatic rings. The van der Waals surface area contributed by atoms with Crippen molar-refractivity contribution in [1.29, 1.82) is 0 Å². The van der Waals surface area contributed by atoms with Gasteiger partial charge in [-0.05, 0) is 83.5 Å². The van der Waals surface area contributed by atoms with Crippen molar-refractivity contribution >= 4 is 17.9 Å². The van der Waals surface area contributed by atoms with Crippen LogP contribution in [-0.2, 0) is 33.3 Å². The summed E-state index contributed by atoms with van der Waals surface area (Å²) in [4.78, 5) is 37.1. The molecule has 2 unspecified atom stereocenters. The van der Waals surface area contributed by atoms with Crippen LogP contribution in [0.4, 0.5) is 0 Å². The van der Waals surface area contributed by atoms with E-state index in [2.05, 4.69) is 74.6 Å². The minimum absolute atomic E-state index is 0.142. The number of carbonyl (C=O) groups is 3. The highest BCUT2D eigenvalue weighted by molar-refractivity contribution is 5.70. The van der Waals surface area contributed by atoms with Gasteiger partial charge in [-0.15, -0.1) is 0 Å². The Morgan fingerprint density at radius 3 is 1.27 bits per heavy atom. The molecule has 9 heteroatoms. The van der Waals surface area contributed by atoms with E-state index in [0.29, 0.717) is 17.4 Å². The van der Waals surface area contributed by atoms with E-state index in [1.165, 1.54) is 89.9 Å². The van der Waals surface area contributed by atoms with Gasteiger partial charge in [-0.25, -0.2) is 0 Å². The lowest BCUT2D eigenvalue weighted by atomic mass is 10.1. The molecule has 63 heavy (non-hydrogen) atoms. The molecule has 0 N–H and O–H groups in total. The Kier molecular flexibility index (Phi) is 43.4. The van der Waals surface area contributed by atoms with E-state index in [0.717, 1.165) is 83.5 Å². The summed E-state index contributed by atoms with van der Waals surface area (Å²) in [5.74, 6) is -2.31. The lowest BCUT2D eigenvalue weighted by Gasteiger charge is -2.26. The molecule has 9 nitrogen and oxygen atoms in total. The van der Waals surface area contributed by atoms with Gasteiger partial charge in [0.25, 0.3) is 0 Å². The number of esters is 2. The average Bonchev–Trinajstić information content (AvgIpc) is 3.24. The van der Waals surface area contributed by atoms with Crippen LogP contribution < -0.4 is 5.11 Å². The number of hydrogen-bond donors (Lipinski definition) is 0. The largest absolute Gasteiger partial charge is 0.545 e. The standard InChI is InChI=1S/C54H95NO8/c1-6-8-10-12-14-16-18-20-22-24-26-28-30-32-34-36-38-40-42-44-51(56)61-48-50(49-62-54(53(58)59)60-47-46-55(3,4)5)63-52(57)45-43-41-39-37-35-33-31-29-27-25-23-21-19-17-15-13-11-9-7-2/h14-17,20-23,27,29,50,54H,6-13,18-19,24-26,28,30-49H2,1-5H3/b16-14-,17-15-,22-20-,23-21-,29-27-. The number of nitrogens with zero attached hydrogens (tertiary/aromatic N) is 1. The van der Waals surface area contributed by atoms with Gasteiger partial charge in [-0.1, -0.05) is 171 Å². The van der Waals surface area contributed by atoms with E-state index < -0.39 is 24.3 Å². The van der Waals surface area contributed by atoms with Gasteiger partial charge in [-0.3, -0.25) is 9.59 Å². The van der Waals surface area contributed by atoms with Crippen molar-refractivity contribution in [3.63, 3.8) is 0 Å². The smallest absolute Gasteiger partial charge is 0.306 e. The minimum Gasteiger partial charge on any atom is -0.545 e. The molecule has 0 aromatic carbocycles. The summed E-state index contributed by atoms with van der Waals surface area (Å²) in [6.07, 6.45) is 52.4. The first-order chi connectivity index (χ1) is 30.6. The molecule has 364 valence electrons. The van der Waals surface area contributed by atoms with E-state index in [1.54, 1.807) is 0 Å². The number of hydrogen-bond acceptors (Lipinski definition) is 8. The number of quaternary nitrogens is 1. The quantitative estimate of drug-likeness (QED) is 0.0195. The molecule has 0 fully saturated rings.